The van der Waals surface area contributed by atoms with Crippen LogP contribution in [0.25, 0.3) is 0 Å². The second-order valence-corrected chi connectivity index (χ2v) is 8.37. The lowest BCUT2D eigenvalue weighted by Gasteiger charge is -2.42. The number of hydrogen-bond donors (Lipinski definition) is 1. The highest BCUT2D eigenvalue weighted by Gasteiger charge is 2.53. The fourth-order valence-electron chi connectivity index (χ4n) is 4.28. The monoisotopic (exact) mass is 355 g/mol. The molecule has 138 valence electrons. The van der Waals surface area contributed by atoms with Crippen molar-refractivity contribution in [2.45, 2.75) is 51.2 Å². The van der Waals surface area contributed by atoms with E-state index in [1.165, 1.54) is 6.20 Å². The highest BCUT2D eigenvalue weighted by atomic mass is 16.5. The SMILES string of the molecule is CC1(C)CC1C(=O)NC1CCOC12CCN(c1cnc(C#N)cn1)CC2. The minimum absolute atomic E-state index is 0.0978. The molecule has 1 saturated carbocycles. The molecule has 1 N–H and O–H groups in total. The van der Waals surface area contributed by atoms with Crippen LogP contribution in [0.5, 0.6) is 0 Å². The van der Waals surface area contributed by atoms with Crippen molar-refractivity contribution in [1.82, 2.24) is 15.3 Å². The van der Waals surface area contributed by atoms with E-state index in [4.69, 9.17) is 10.00 Å². The molecular formula is C19H25N5O2. The van der Waals surface area contributed by atoms with Crippen LogP contribution in [0.15, 0.2) is 12.4 Å². The van der Waals surface area contributed by atoms with Gasteiger partial charge in [0.1, 0.15) is 11.9 Å². The van der Waals surface area contributed by atoms with Crippen molar-refractivity contribution < 1.29 is 9.53 Å². The van der Waals surface area contributed by atoms with Gasteiger partial charge in [0, 0.05) is 25.6 Å². The van der Waals surface area contributed by atoms with E-state index in [1.807, 2.05) is 6.07 Å². The lowest BCUT2D eigenvalue weighted by Crippen LogP contribution is -2.56. The van der Waals surface area contributed by atoms with Gasteiger partial charge in [0.15, 0.2) is 5.69 Å². The highest BCUT2D eigenvalue weighted by molar-refractivity contribution is 5.82. The third-order valence-electron chi connectivity index (χ3n) is 6.26. The van der Waals surface area contributed by atoms with E-state index in [2.05, 4.69) is 34.0 Å². The number of hydrogen-bond acceptors (Lipinski definition) is 6. The van der Waals surface area contributed by atoms with E-state index in [-0.39, 0.29) is 28.9 Å². The zero-order valence-corrected chi connectivity index (χ0v) is 15.4. The Morgan fingerprint density at radius 2 is 2.08 bits per heavy atom. The molecule has 26 heavy (non-hydrogen) atoms. The first-order valence-electron chi connectivity index (χ1n) is 9.35. The van der Waals surface area contributed by atoms with Gasteiger partial charge in [0.2, 0.25) is 5.91 Å². The van der Waals surface area contributed by atoms with Gasteiger partial charge in [-0.05, 0) is 31.1 Å². The van der Waals surface area contributed by atoms with Gasteiger partial charge in [-0.2, -0.15) is 5.26 Å². The average molecular weight is 355 g/mol. The summed E-state index contributed by atoms with van der Waals surface area (Å²) in [6.07, 6.45) is 6.73. The second-order valence-electron chi connectivity index (χ2n) is 8.37. The Bertz CT molecular complexity index is 731. The van der Waals surface area contributed by atoms with E-state index in [0.717, 1.165) is 44.6 Å². The molecule has 1 aromatic rings. The fourth-order valence-corrected chi connectivity index (χ4v) is 4.28. The maximum Gasteiger partial charge on any atom is 0.223 e. The Morgan fingerprint density at radius 3 is 2.65 bits per heavy atom. The van der Waals surface area contributed by atoms with Crippen molar-refractivity contribution in [1.29, 1.82) is 5.26 Å². The maximum atomic E-state index is 12.5. The lowest BCUT2D eigenvalue weighted by atomic mass is 9.84. The maximum absolute atomic E-state index is 12.5. The molecule has 0 bridgehead atoms. The lowest BCUT2D eigenvalue weighted by molar-refractivity contribution is -0.125. The molecule has 1 amide bonds. The van der Waals surface area contributed by atoms with Crippen molar-refractivity contribution in [2.75, 3.05) is 24.6 Å². The van der Waals surface area contributed by atoms with E-state index in [9.17, 15) is 4.79 Å². The first-order chi connectivity index (χ1) is 12.4. The largest absolute Gasteiger partial charge is 0.373 e. The number of carbonyl (C=O) groups is 1. The first kappa shape index (κ1) is 17.2. The van der Waals surface area contributed by atoms with Gasteiger partial charge in [-0.1, -0.05) is 13.8 Å². The number of anilines is 1. The second kappa shape index (κ2) is 6.20. The van der Waals surface area contributed by atoms with Crippen molar-refractivity contribution >= 4 is 11.7 Å². The van der Waals surface area contributed by atoms with Crippen LogP contribution in [0, 0.1) is 22.7 Å². The Hall–Kier alpha value is -2.20. The Balaban J connectivity index is 1.38. The minimum Gasteiger partial charge on any atom is -0.373 e. The number of nitrogens with zero attached hydrogens (tertiary/aromatic N) is 4. The summed E-state index contributed by atoms with van der Waals surface area (Å²) < 4.78 is 6.15. The predicted molar refractivity (Wildman–Crippen MR) is 95.3 cm³/mol. The molecule has 0 radical (unpaired) electrons. The Kier molecular flexibility index (Phi) is 4.11. The summed E-state index contributed by atoms with van der Waals surface area (Å²) in [6.45, 7) is 6.62. The van der Waals surface area contributed by atoms with E-state index in [0.29, 0.717) is 12.3 Å². The molecule has 4 rings (SSSR count). The minimum atomic E-state index is -0.259. The average Bonchev–Trinajstić information content (AvgIpc) is 3.14. The van der Waals surface area contributed by atoms with Crippen molar-refractivity contribution in [3.8, 4) is 6.07 Å². The smallest absolute Gasteiger partial charge is 0.223 e. The summed E-state index contributed by atoms with van der Waals surface area (Å²) in [7, 11) is 0. The van der Waals surface area contributed by atoms with Crippen molar-refractivity contribution in [3.63, 3.8) is 0 Å². The molecule has 1 aromatic heterocycles. The Morgan fingerprint density at radius 1 is 1.35 bits per heavy atom. The zero-order chi connectivity index (χ0) is 18.4. The molecule has 2 atom stereocenters. The molecule has 0 aromatic carbocycles. The normalized spacial score (nSPS) is 28.6. The number of aromatic nitrogens is 2. The van der Waals surface area contributed by atoms with Gasteiger partial charge in [0.25, 0.3) is 0 Å². The molecule has 3 fully saturated rings. The fraction of sp³-hybridized carbons (Fsp3) is 0.684. The van der Waals surface area contributed by atoms with Crippen LogP contribution < -0.4 is 10.2 Å². The van der Waals surface area contributed by atoms with Gasteiger partial charge in [-0.15, -0.1) is 0 Å². The van der Waals surface area contributed by atoms with Gasteiger partial charge >= 0.3 is 0 Å². The molecular weight excluding hydrogens is 330 g/mol. The summed E-state index contributed by atoms with van der Waals surface area (Å²) >= 11 is 0. The topological polar surface area (TPSA) is 91.1 Å². The predicted octanol–water partition coefficient (Wildman–Crippen LogP) is 1.64. The van der Waals surface area contributed by atoms with Gasteiger partial charge in [-0.25, -0.2) is 9.97 Å². The standard InChI is InChI=1S/C19H25N5O2/c1-18(2)9-14(18)17(25)23-15-3-8-26-19(15)4-6-24(7-5-19)16-12-21-13(10-20)11-22-16/h11-12,14-15H,3-9H2,1-2H3,(H,23,25). The van der Waals surface area contributed by atoms with Crippen LogP contribution in [0.3, 0.4) is 0 Å². The summed E-state index contributed by atoms with van der Waals surface area (Å²) in [4.78, 5) is 23.1. The number of amides is 1. The number of nitriles is 1. The quantitative estimate of drug-likeness (QED) is 0.886. The zero-order valence-electron chi connectivity index (χ0n) is 15.4. The van der Waals surface area contributed by atoms with Crippen molar-refractivity contribution in [3.05, 3.63) is 18.1 Å². The number of piperidine rings is 1. The number of rotatable bonds is 3. The van der Waals surface area contributed by atoms with E-state index in [1.54, 1.807) is 6.20 Å². The van der Waals surface area contributed by atoms with Gasteiger partial charge in [0.05, 0.1) is 24.0 Å². The molecule has 7 nitrogen and oxygen atoms in total. The van der Waals surface area contributed by atoms with Crippen LogP contribution in [0.4, 0.5) is 5.82 Å². The number of ether oxygens (including phenoxy) is 1. The van der Waals surface area contributed by atoms with Crippen LogP contribution in [0.2, 0.25) is 0 Å². The van der Waals surface area contributed by atoms with Gasteiger partial charge < -0.3 is 15.0 Å². The third-order valence-corrected chi connectivity index (χ3v) is 6.26. The highest BCUT2D eigenvalue weighted by Crippen LogP contribution is 2.52. The molecule has 3 heterocycles. The van der Waals surface area contributed by atoms with Crippen LogP contribution >= 0.6 is 0 Å². The molecule has 7 heteroatoms. The van der Waals surface area contributed by atoms with Crippen LogP contribution in [-0.2, 0) is 9.53 Å². The number of carbonyl (C=O) groups excluding carboxylic acids is 1. The van der Waals surface area contributed by atoms with Crippen LogP contribution in [-0.4, -0.2) is 47.2 Å². The summed E-state index contributed by atoms with van der Waals surface area (Å²) in [5, 5.41) is 12.1. The third kappa shape index (κ3) is 3.03. The van der Waals surface area contributed by atoms with Crippen molar-refractivity contribution in [2.24, 2.45) is 11.3 Å². The molecule has 2 aliphatic heterocycles. The Labute approximate surface area is 153 Å². The van der Waals surface area contributed by atoms with Crippen LogP contribution in [0.1, 0.15) is 45.2 Å². The molecule has 2 saturated heterocycles. The molecule has 1 spiro atoms. The summed E-state index contributed by atoms with van der Waals surface area (Å²) in [5.41, 5.74) is 0.214. The summed E-state index contributed by atoms with van der Waals surface area (Å²) in [5.74, 6) is 1.12. The van der Waals surface area contributed by atoms with E-state index < -0.39 is 0 Å². The molecule has 1 aliphatic carbocycles. The number of nitrogens with one attached hydrogen (secondary N) is 1. The van der Waals surface area contributed by atoms with E-state index >= 15 is 0 Å². The summed E-state index contributed by atoms with van der Waals surface area (Å²) in [6, 6.07) is 2.09. The molecule has 3 aliphatic rings. The first-order valence-corrected chi connectivity index (χ1v) is 9.35. The van der Waals surface area contributed by atoms with Gasteiger partial charge in [-0.3, -0.25) is 4.79 Å². The molecule has 2 unspecified atom stereocenters.